The van der Waals surface area contributed by atoms with E-state index in [4.69, 9.17) is 4.74 Å². The Morgan fingerprint density at radius 3 is 2.92 bits per heavy atom. The fraction of sp³-hybridized carbons (Fsp3) is 0.375. The lowest BCUT2D eigenvalue weighted by atomic mass is 9.98. The Morgan fingerprint density at radius 1 is 1.38 bits per heavy atom. The van der Waals surface area contributed by atoms with Crippen LogP contribution in [0.15, 0.2) is 24.4 Å². The molecule has 0 amide bonds. The normalized spacial score (nSPS) is 15.8. The van der Waals surface area contributed by atoms with E-state index in [1.54, 1.807) is 12.1 Å². The summed E-state index contributed by atoms with van der Waals surface area (Å²) in [4.78, 5) is 0. The van der Waals surface area contributed by atoms with E-state index in [-0.39, 0.29) is 23.3 Å². The van der Waals surface area contributed by atoms with Gasteiger partial charge >= 0.3 is 0 Å². The fourth-order valence-corrected chi connectivity index (χ4v) is 2.66. The zero-order valence-electron chi connectivity index (χ0n) is 13.0. The molecule has 0 saturated heterocycles. The molecule has 1 aromatic carbocycles. The van der Waals surface area contributed by atoms with Gasteiger partial charge in [-0.25, -0.2) is 4.39 Å². The van der Waals surface area contributed by atoms with Crippen molar-refractivity contribution in [1.29, 1.82) is 5.26 Å². The van der Waals surface area contributed by atoms with E-state index in [0.717, 1.165) is 25.7 Å². The zero-order chi connectivity index (χ0) is 16.8. The van der Waals surface area contributed by atoms with Crippen LogP contribution < -0.4 is 10.1 Å². The van der Waals surface area contributed by atoms with Gasteiger partial charge in [-0.1, -0.05) is 12.5 Å². The van der Waals surface area contributed by atoms with Gasteiger partial charge in [0.1, 0.15) is 11.6 Å². The van der Waals surface area contributed by atoms with Gasteiger partial charge < -0.3 is 10.1 Å². The molecule has 24 heavy (non-hydrogen) atoms. The van der Waals surface area contributed by atoms with Crippen LogP contribution in [0.2, 0.25) is 0 Å². The Labute approximate surface area is 138 Å². The van der Waals surface area contributed by atoms with E-state index in [1.165, 1.54) is 18.7 Å². The molecule has 7 nitrogen and oxygen atoms in total. The number of aromatic amines is 1. The maximum Gasteiger partial charge on any atom is 0.216 e. The number of hydrogen-bond donors (Lipinski definition) is 2. The fourth-order valence-electron chi connectivity index (χ4n) is 2.66. The number of benzene rings is 1. The molecule has 2 aromatic rings. The summed E-state index contributed by atoms with van der Waals surface area (Å²) in [6.07, 6.45) is 6.67. The number of tetrazole rings is 1. The Bertz CT molecular complexity index is 746. The van der Waals surface area contributed by atoms with Crippen molar-refractivity contribution in [2.45, 2.75) is 38.2 Å². The standard InChI is InChI=1S/C16H17FN6O/c17-13-7-4-8-14(15(13)24-12-5-2-1-3-6-12)19-10-11(9-18)16-20-22-23-21-16/h4,7-8,10,12,19H,1-3,5-6H2,(H,20,21,22,23). The number of nitrogens with one attached hydrogen (secondary N) is 2. The van der Waals surface area contributed by atoms with Crippen LogP contribution in [-0.2, 0) is 0 Å². The number of para-hydroxylation sites is 1. The Kier molecular flexibility index (Phi) is 5.01. The zero-order valence-corrected chi connectivity index (χ0v) is 13.0. The lowest BCUT2D eigenvalue weighted by molar-refractivity contribution is 0.150. The van der Waals surface area contributed by atoms with E-state index < -0.39 is 5.82 Å². The molecule has 0 atom stereocenters. The topological polar surface area (TPSA) is 99.5 Å². The minimum absolute atomic E-state index is 0.0211. The molecular weight excluding hydrogens is 311 g/mol. The smallest absolute Gasteiger partial charge is 0.216 e. The van der Waals surface area contributed by atoms with Crippen molar-refractivity contribution in [3.05, 3.63) is 36.0 Å². The molecule has 2 N–H and O–H groups in total. The van der Waals surface area contributed by atoms with Gasteiger partial charge in [0, 0.05) is 6.20 Å². The molecule has 0 spiro atoms. The summed E-state index contributed by atoms with van der Waals surface area (Å²) in [6, 6.07) is 6.61. The van der Waals surface area contributed by atoms with Crippen molar-refractivity contribution >= 4 is 11.3 Å². The van der Waals surface area contributed by atoms with E-state index in [0.29, 0.717) is 5.69 Å². The molecule has 1 aliphatic rings. The van der Waals surface area contributed by atoms with Crippen LogP contribution in [0.3, 0.4) is 0 Å². The minimum atomic E-state index is -0.433. The number of aromatic nitrogens is 4. The van der Waals surface area contributed by atoms with Crippen LogP contribution in [0, 0.1) is 17.1 Å². The molecule has 1 aromatic heterocycles. The molecule has 3 rings (SSSR count). The molecule has 1 aliphatic carbocycles. The number of hydrogen-bond acceptors (Lipinski definition) is 6. The SMILES string of the molecule is N#CC(=CNc1cccc(F)c1OC1CCCCC1)c1nn[nH]n1. The average Bonchev–Trinajstić information content (AvgIpc) is 3.13. The van der Waals surface area contributed by atoms with Crippen molar-refractivity contribution in [2.75, 3.05) is 5.32 Å². The van der Waals surface area contributed by atoms with Crippen LogP contribution in [-0.4, -0.2) is 26.7 Å². The summed E-state index contributed by atoms with van der Waals surface area (Å²) in [7, 11) is 0. The van der Waals surface area contributed by atoms with Gasteiger partial charge in [-0.05, 0) is 43.0 Å². The van der Waals surface area contributed by atoms with Gasteiger partial charge in [-0.15, -0.1) is 10.2 Å². The number of rotatable bonds is 5. The van der Waals surface area contributed by atoms with E-state index in [2.05, 4.69) is 25.9 Å². The largest absolute Gasteiger partial charge is 0.485 e. The molecule has 0 aliphatic heterocycles. The Hall–Kier alpha value is -2.95. The number of nitriles is 1. The third-order valence-corrected chi connectivity index (χ3v) is 3.88. The average molecular weight is 328 g/mol. The van der Waals surface area contributed by atoms with Gasteiger partial charge in [0.05, 0.1) is 11.8 Å². The molecule has 0 radical (unpaired) electrons. The highest BCUT2D eigenvalue weighted by molar-refractivity contribution is 5.74. The second kappa shape index (κ2) is 7.55. The maximum atomic E-state index is 14.2. The quantitative estimate of drug-likeness (QED) is 0.818. The highest BCUT2D eigenvalue weighted by Gasteiger charge is 2.19. The lowest BCUT2D eigenvalue weighted by Gasteiger charge is -2.24. The third-order valence-electron chi connectivity index (χ3n) is 3.88. The first-order valence-corrected chi connectivity index (χ1v) is 7.83. The first-order valence-electron chi connectivity index (χ1n) is 7.83. The molecule has 1 fully saturated rings. The second-order valence-corrected chi connectivity index (χ2v) is 5.54. The van der Waals surface area contributed by atoms with Crippen molar-refractivity contribution in [1.82, 2.24) is 20.6 Å². The van der Waals surface area contributed by atoms with E-state index in [1.807, 2.05) is 6.07 Å². The van der Waals surface area contributed by atoms with Crippen LogP contribution in [0.25, 0.3) is 5.57 Å². The van der Waals surface area contributed by atoms with E-state index >= 15 is 0 Å². The second-order valence-electron chi connectivity index (χ2n) is 5.54. The first-order chi connectivity index (χ1) is 11.8. The molecular formula is C16H17FN6O. The summed E-state index contributed by atoms with van der Waals surface area (Å²) in [5.74, 6) is -0.0979. The van der Waals surface area contributed by atoms with Gasteiger partial charge in [-0.2, -0.15) is 10.5 Å². The summed E-state index contributed by atoms with van der Waals surface area (Å²) in [5.41, 5.74) is 0.633. The predicted molar refractivity (Wildman–Crippen MR) is 85.3 cm³/mol. The summed E-state index contributed by atoms with van der Waals surface area (Å²) in [5, 5.41) is 25.3. The molecule has 124 valence electrons. The number of H-pyrrole nitrogens is 1. The van der Waals surface area contributed by atoms with Crippen molar-refractivity contribution in [2.24, 2.45) is 0 Å². The number of allylic oxidation sites excluding steroid dienone is 1. The number of ether oxygens (including phenoxy) is 1. The highest BCUT2D eigenvalue weighted by atomic mass is 19.1. The molecule has 1 saturated carbocycles. The number of anilines is 1. The van der Waals surface area contributed by atoms with Crippen molar-refractivity contribution in [3.63, 3.8) is 0 Å². The summed E-state index contributed by atoms with van der Waals surface area (Å²) in [6.45, 7) is 0. The Morgan fingerprint density at radius 2 is 2.21 bits per heavy atom. The predicted octanol–water partition coefficient (Wildman–Crippen LogP) is 3.03. The summed E-state index contributed by atoms with van der Waals surface area (Å²) < 4.78 is 20.1. The Balaban J connectivity index is 1.80. The number of halogens is 1. The van der Waals surface area contributed by atoms with Crippen LogP contribution in [0.5, 0.6) is 5.75 Å². The van der Waals surface area contributed by atoms with Gasteiger partial charge in [0.25, 0.3) is 0 Å². The van der Waals surface area contributed by atoms with Crippen molar-refractivity contribution in [3.8, 4) is 11.8 Å². The van der Waals surface area contributed by atoms with Crippen LogP contribution in [0.1, 0.15) is 37.9 Å². The molecule has 1 heterocycles. The monoisotopic (exact) mass is 328 g/mol. The van der Waals surface area contributed by atoms with Crippen molar-refractivity contribution < 1.29 is 9.13 Å². The maximum absolute atomic E-state index is 14.2. The van der Waals surface area contributed by atoms with Gasteiger partial charge in [0.15, 0.2) is 11.6 Å². The summed E-state index contributed by atoms with van der Waals surface area (Å²) >= 11 is 0. The van der Waals surface area contributed by atoms with Crippen LogP contribution in [0.4, 0.5) is 10.1 Å². The van der Waals surface area contributed by atoms with Crippen LogP contribution >= 0.6 is 0 Å². The van der Waals surface area contributed by atoms with Gasteiger partial charge in [0.2, 0.25) is 5.82 Å². The molecule has 8 heteroatoms. The third kappa shape index (κ3) is 3.68. The number of nitrogens with zero attached hydrogens (tertiary/aromatic N) is 4. The minimum Gasteiger partial charge on any atom is -0.485 e. The lowest BCUT2D eigenvalue weighted by Crippen LogP contribution is -2.20. The van der Waals surface area contributed by atoms with E-state index in [9.17, 15) is 9.65 Å². The molecule has 0 bridgehead atoms. The first kappa shape index (κ1) is 15.9. The van der Waals surface area contributed by atoms with Gasteiger partial charge in [-0.3, -0.25) is 0 Å². The highest BCUT2D eigenvalue weighted by Crippen LogP contribution is 2.32. The molecule has 0 unspecified atom stereocenters.